The first-order chi connectivity index (χ1) is 8.88. The van der Waals surface area contributed by atoms with Crippen LogP contribution in [-0.4, -0.2) is 11.9 Å². The lowest BCUT2D eigenvalue weighted by atomic mass is 9.98. The Bertz CT molecular complexity index is 454. The maximum Gasteiger partial charge on any atom is 0.237 e. The molecular formula is C14H21Cl3N2O. The van der Waals surface area contributed by atoms with E-state index in [1.165, 1.54) is 0 Å². The zero-order chi connectivity index (χ0) is 14.6. The van der Waals surface area contributed by atoms with Gasteiger partial charge < -0.3 is 11.1 Å². The van der Waals surface area contributed by atoms with Gasteiger partial charge in [0.2, 0.25) is 5.91 Å². The van der Waals surface area contributed by atoms with Crippen molar-refractivity contribution in [3.8, 4) is 0 Å². The van der Waals surface area contributed by atoms with Gasteiger partial charge in [-0.25, -0.2) is 0 Å². The monoisotopic (exact) mass is 338 g/mol. The van der Waals surface area contributed by atoms with Gasteiger partial charge in [0.25, 0.3) is 0 Å². The van der Waals surface area contributed by atoms with E-state index in [9.17, 15) is 4.79 Å². The Morgan fingerprint density at radius 3 is 2.50 bits per heavy atom. The lowest BCUT2D eigenvalue weighted by molar-refractivity contribution is -0.124. The zero-order valence-electron chi connectivity index (χ0n) is 11.8. The highest BCUT2D eigenvalue weighted by atomic mass is 35.5. The minimum Gasteiger partial charge on any atom is -0.348 e. The molecule has 0 heterocycles. The molecule has 0 bridgehead atoms. The van der Waals surface area contributed by atoms with Crippen LogP contribution in [0.5, 0.6) is 0 Å². The van der Waals surface area contributed by atoms with Crippen molar-refractivity contribution in [2.75, 3.05) is 0 Å². The number of hydrogen-bond acceptors (Lipinski definition) is 2. The van der Waals surface area contributed by atoms with Crippen molar-refractivity contribution in [2.24, 2.45) is 11.7 Å². The molecular weight excluding hydrogens is 319 g/mol. The number of amides is 1. The van der Waals surface area contributed by atoms with Crippen molar-refractivity contribution in [3.05, 3.63) is 33.8 Å². The molecule has 6 heteroatoms. The highest BCUT2D eigenvalue weighted by molar-refractivity contribution is 6.42. The largest absolute Gasteiger partial charge is 0.348 e. The molecule has 3 N–H and O–H groups in total. The Labute approximate surface area is 136 Å². The molecule has 1 aromatic rings. The Morgan fingerprint density at radius 2 is 1.95 bits per heavy atom. The Balaban J connectivity index is 0.00000361. The summed E-state index contributed by atoms with van der Waals surface area (Å²) in [5.41, 5.74) is 6.69. The Kier molecular flexibility index (Phi) is 8.52. The second kappa shape index (κ2) is 8.73. The number of nitrogens with one attached hydrogen (secondary N) is 1. The third kappa shape index (κ3) is 4.81. The van der Waals surface area contributed by atoms with Crippen LogP contribution >= 0.6 is 35.6 Å². The summed E-state index contributed by atoms with van der Waals surface area (Å²) in [4.78, 5) is 12.0. The van der Waals surface area contributed by atoms with Gasteiger partial charge in [-0.05, 0) is 24.5 Å². The smallest absolute Gasteiger partial charge is 0.237 e. The van der Waals surface area contributed by atoms with Crippen molar-refractivity contribution < 1.29 is 4.79 Å². The van der Waals surface area contributed by atoms with E-state index in [1.807, 2.05) is 26.8 Å². The predicted molar refractivity (Wildman–Crippen MR) is 87.7 cm³/mol. The van der Waals surface area contributed by atoms with Gasteiger partial charge in [0, 0.05) is 0 Å². The van der Waals surface area contributed by atoms with Gasteiger partial charge >= 0.3 is 0 Å². The number of benzene rings is 1. The highest BCUT2D eigenvalue weighted by Gasteiger charge is 2.22. The second-order valence-corrected chi connectivity index (χ2v) is 5.57. The minimum absolute atomic E-state index is 0. The summed E-state index contributed by atoms with van der Waals surface area (Å²) in [5.74, 6) is -0.0278. The number of carbonyl (C=O) groups excluding carboxylic acids is 1. The van der Waals surface area contributed by atoms with Crippen molar-refractivity contribution in [3.63, 3.8) is 0 Å². The van der Waals surface area contributed by atoms with Crippen LogP contribution in [0, 0.1) is 5.92 Å². The molecule has 0 radical (unpaired) electrons. The number of halogens is 3. The number of hydrogen-bond donors (Lipinski definition) is 2. The van der Waals surface area contributed by atoms with E-state index in [0.29, 0.717) is 10.0 Å². The SMILES string of the molecule is CCC(C)C(N)C(=O)NC(C)c1cccc(Cl)c1Cl.Cl. The van der Waals surface area contributed by atoms with Gasteiger partial charge in [-0.2, -0.15) is 0 Å². The number of carbonyl (C=O) groups is 1. The van der Waals surface area contributed by atoms with Crippen LogP contribution in [0.3, 0.4) is 0 Å². The molecule has 114 valence electrons. The first kappa shape index (κ1) is 19.5. The standard InChI is InChI=1S/C14H20Cl2N2O.ClH/c1-4-8(2)13(17)14(19)18-9(3)10-6-5-7-11(15)12(10)16;/h5-9,13H,4,17H2,1-3H3,(H,18,19);1H. The average Bonchev–Trinajstić information content (AvgIpc) is 2.39. The molecule has 3 nitrogen and oxygen atoms in total. The molecule has 0 saturated carbocycles. The van der Waals surface area contributed by atoms with Crippen LogP contribution in [0.25, 0.3) is 0 Å². The van der Waals surface area contributed by atoms with Crippen molar-refractivity contribution in [1.29, 1.82) is 0 Å². The lowest BCUT2D eigenvalue weighted by Gasteiger charge is -2.22. The van der Waals surface area contributed by atoms with E-state index >= 15 is 0 Å². The fourth-order valence-electron chi connectivity index (χ4n) is 1.75. The number of nitrogens with two attached hydrogens (primary N) is 1. The summed E-state index contributed by atoms with van der Waals surface area (Å²) >= 11 is 12.1. The van der Waals surface area contributed by atoms with Crippen LogP contribution < -0.4 is 11.1 Å². The zero-order valence-corrected chi connectivity index (χ0v) is 14.1. The van der Waals surface area contributed by atoms with Gasteiger partial charge in [-0.1, -0.05) is 55.6 Å². The van der Waals surface area contributed by atoms with E-state index in [0.717, 1.165) is 12.0 Å². The molecule has 3 atom stereocenters. The predicted octanol–water partition coefficient (Wildman–Crippen LogP) is 3.97. The van der Waals surface area contributed by atoms with E-state index in [4.69, 9.17) is 28.9 Å². The fourth-order valence-corrected chi connectivity index (χ4v) is 2.23. The molecule has 1 aromatic carbocycles. The molecule has 0 aliphatic carbocycles. The molecule has 1 amide bonds. The molecule has 0 spiro atoms. The van der Waals surface area contributed by atoms with E-state index in [1.54, 1.807) is 12.1 Å². The van der Waals surface area contributed by atoms with Gasteiger partial charge in [0.15, 0.2) is 0 Å². The van der Waals surface area contributed by atoms with E-state index in [-0.39, 0.29) is 30.3 Å². The first-order valence-electron chi connectivity index (χ1n) is 6.38. The summed E-state index contributed by atoms with van der Waals surface area (Å²) in [7, 11) is 0. The molecule has 3 unspecified atom stereocenters. The molecule has 1 rings (SSSR count). The maximum absolute atomic E-state index is 12.0. The van der Waals surface area contributed by atoms with Crippen molar-refractivity contribution in [2.45, 2.75) is 39.3 Å². The molecule has 0 aromatic heterocycles. The summed E-state index contributed by atoms with van der Waals surface area (Å²) in [6.07, 6.45) is 0.862. The van der Waals surface area contributed by atoms with Crippen LogP contribution in [0.1, 0.15) is 38.8 Å². The van der Waals surface area contributed by atoms with E-state index < -0.39 is 6.04 Å². The minimum atomic E-state index is -0.509. The van der Waals surface area contributed by atoms with Crippen LogP contribution in [-0.2, 0) is 4.79 Å². The van der Waals surface area contributed by atoms with Crippen molar-refractivity contribution >= 4 is 41.5 Å². The van der Waals surface area contributed by atoms with Gasteiger partial charge in [-0.3, -0.25) is 4.79 Å². The summed E-state index contributed by atoms with van der Waals surface area (Å²) in [6, 6.07) is 4.63. The van der Waals surface area contributed by atoms with Crippen LogP contribution in [0.2, 0.25) is 10.0 Å². The molecule has 0 fully saturated rings. The molecule has 0 aliphatic heterocycles. The van der Waals surface area contributed by atoms with Gasteiger partial charge in [0.1, 0.15) is 0 Å². The third-order valence-corrected chi connectivity index (χ3v) is 4.20. The quantitative estimate of drug-likeness (QED) is 0.853. The highest BCUT2D eigenvalue weighted by Crippen LogP contribution is 2.29. The number of rotatable bonds is 5. The Hall–Kier alpha value is -0.480. The topological polar surface area (TPSA) is 55.1 Å². The normalized spacial score (nSPS) is 14.9. The van der Waals surface area contributed by atoms with Crippen LogP contribution in [0.4, 0.5) is 0 Å². The third-order valence-electron chi connectivity index (χ3n) is 3.37. The average molecular weight is 340 g/mol. The van der Waals surface area contributed by atoms with E-state index in [2.05, 4.69) is 5.32 Å². The first-order valence-corrected chi connectivity index (χ1v) is 7.13. The van der Waals surface area contributed by atoms with Crippen molar-refractivity contribution in [1.82, 2.24) is 5.32 Å². The fraction of sp³-hybridized carbons (Fsp3) is 0.500. The van der Waals surface area contributed by atoms with Gasteiger partial charge in [0.05, 0.1) is 22.1 Å². The summed E-state index contributed by atoms with van der Waals surface area (Å²) in [5, 5.41) is 3.82. The second-order valence-electron chi connectivity index (χ2n) is 4.78. The van der Waals surface area contributed by atoms with Gasteiger partial charge in [-0.15, -0.1) is 12.4 Å². The molecule has 0 aliphatic rings. The Morgan fingerprint density at radius 1 is 1.35 bits per heavy atom. The van der Waals surface area contributed by atoms with Crippen LogP contribution in [0.15, 0.2) is 18.2 Å². The molecule has 20 heavy (non-hydrogen) atoms. The lowest BCUT2D eigenvalue weighted by Crippen LogP contribution is -2.45. The summed E-state index contributed by atoms with van der Waals surface area (Å²) < 4.78 is 0. The summed E-state index contributed by atoms with van der Waals surface area (Å²) in [6.45, 7) is 5.83. The maximum atomic E-state index is 12.0. The molecule has 0 saturated heterocycles.